The topological polar surface area (TPSA) is 99.9 Å². The van der Waals surface area contributed by atoms with Gasteiger partial charge in [0, 0.05) is 11.9 Å². The summed E-state index contributed by atoms with van der Waals surface area (Å²) in [5, 5.41) is 7.15. The van der Waals surface area contributed by atoms with Gasteiger partial charge in [0.15, 0.2) is 9.92 Å². The summed E-state index contributed by atoms with van der Waals surface area (Å²) in [6, 6.07) is 11.5. The van der Waals surface area contributed by atoms with E-state index in [2.05, 4.69) is 21.2 Å². The van der Waals surface area contributed by atoms with Crippen molar-refractivity contribution in [2.75, 3.05) is 5.32 Å². The summed E-state index contributed by atoms with van der Waals surface area (Å²) >= 11 is 0. The fraction of sp³-hybridized carbons (Fsp3) is 0.304. The Morgan fingerprint density at radius 3 is 2.42 bits per heavy atom. The van der Waals surface area contributed by atoms with Gasteiger partial charge in [-0.3, -0.25) is 4.68 Å². The third-order valence-electron chi connectivity index (χ3n) is 6.08. The van der Waals surface area contributed by atoms with Gasteiger partial charge in [-0.05, 0) is 66.3 Å². The maximum Gasteiger partial charge on any atom is 0.331 e. The van der Waals surface area contributed by atoms with Crippen molar-refractivity contribution in [3.8, 4) is 0 Å². The van der Waals surface area contributed by atoms with Gasteiger partial charge in [-0.2, -0.15) is 5.10 Å². The van der Waals surface area contributed by atoms with Crippen LogP contribution >= 0.6 is 0 Å². The number of urea groups is 1. The number of anilines is 1. The Balaban J connectivity index is 1.32. The number of benzene rings is 2. The van der Waals surface area contributed by atoms with Gasteiger partial charge in [-0.15, -0.1) is 0 Å². The zero-order valence-corrected chi connectivity index (χ0v) is 18.0. The van der Waals surface area contributed by atoms with Gasteiger partial charge in [0.25, 0.3) is 0 Å². The Morgan fingerprint density at radius 2 is 1.74 bits per heavy atom. The average Bonchev–Trinajstić information content (AvgIpc) is 3.48. The van der Waals surface area contributed by atoms with Crippen LogP contribution in [0.4, 0.5) is 10.5 Å². The number of aryl methyl sites for hydroxylation is 2. The van der Waals surface area contributed by atoms with Crippen LogP contribution in [0.5, 0.6) is 0 Å². The molecule has 0 saturated carbocycles. The Morgan fingerprint density at radius 1 is 1.06 bits per heavy atom. The molecule has 8 heteroatoms. The van der Waals surface area contributed by atoms with Gasteiger partial charge in [0.2, 0.25) is 0 Å². The predicted octanol–water partition coefficient (Wildman–Crippen LogP) is 4.05. The molecule has 1 aromatic heterocycles. The first kappa shape index (κ1) is 19.8. The van der Waals surface area contributed by atoms with Crippen molar-refractivity contribution in [1.82, 2.24) is 14.5 Å². The summed E-state index contributed by atoms with van der Waals surface area (Å²) in [6.45, 7) is 0.505. The lowest BCUT2D eigenvalue weighted by Crippen LogP contribution is -2.34. The van der Waals surface area contributed by atoms with Gasteiger partial charge in [-0.25, -0.2) is 18.5 Å². The van der Waals surface area contributed by atoms with Crippen LogP contribution in [-0.2, 0) is 42.1 Å². The first-order valence-corrected chi connectivity index (χ1v) is 12.2. The van der Waals surface area contributed by atoms with Crippen LogP contribution in [0.2, 0.25) is 0 Å². The second-order valence-electron chi connectivity index (χ2n) is 8.21. The van der Waals surface area contributed by atoms with Crippen molar-refractivity contribution in [3.05, 3.63) is 76.6 Å². The first-order chi connectivity index (χ1) is 15.0. The van der Waals surface area contributed by atoms with E-state index in [9.17, 15) is 9.00 Å². The number of carbonyl (C=O) groups is 1. The normalized spacial score (nSPS) is 16.4. The van der Waals surface area contributed by atoms with Gasteiger partial charge in [0.1, 0.15) is 4.90 Å². The highest BCUT2D eigenvalue weighted by molar-refractivity contribution is 7.91. The highest BCUT2D eigenvalue weighted by Crippen LogP contribution is 2.38. The number of carbonyl (C=O) groups excluding carboxylic acids is 1. The van der Waals surface area contributed by atoms with E-state index < -0.39 is 15.9 Å². The molecule has 1 atom stereocenters. The summed E-state index contributed by atoms with van der Waals surface area (Å²) < 4.78 is 25.2. The standard InChI is InChI=1S/C23H25N5O2S/c24-31(30,19-13-25-28(15-19)14-16-6-2-1-3-7-16)27-23(29)26-22-20-10-4-8-17(20)12-18-9-5-11-21(18)22/h1-3,6-7,12-13,15H,4-5,8-11,14H2,(H3,24,26,27,29,30). The van der Waals surface area contributed by atoms with Gasteiger partial charge < -0.3 is 5.32 Å². The van der Waals surface area contributed by atoms with Crippen molar-refractivity contribution in [1.29, 1.82) is 4.78 Å². The maximum atomic E-state index is 13.0. The lowest BCUT2D eigenvalue weighted by molar-refractivity contribution is 0.256. The van der Waals surface area contributed by atoms with Crippen LogP contribution in [0, 0.1) is 4.78 Å². The molecule has 1 heterocycles. The van der Waals surface area contributed by atoms with E-state index in [0.29, 0.717) is 6.54 Å². The minimum absolute atomic E-state index is 0.183. The van der Waals surface area contributed by atoms with Gasteiger partial charge >= 0.3 is 6.03 Å². The maximum absolute atomic E-state index is 13.0. The number of hydrogen-bond acceptors (Lipinski definition) is 4. The predicted molar refractivity (Wildman–Crippen MR) is 120 cm³/mol. The monoisotopic (exact) mass is 435 g/mol. The number of nitrogens with one attached hydrogen (secondary N) is 3. The molecule has 0 spiro atoms. The van der Waals surface area contributed by atoms with Crippen LogP contribution in [-0.4, -0.2) is 20.0 Å². The molecule has 0 saturated heterocycles. The molecule has 2 aliphatic rings. The summed E-state index contributed by atoms with van der Waals surface area (Å²) in [5.41, 5.74) is 6.93. The lowest BCUT2D eigenvalue weighted by Gasteiger charge is -2.17. The van der Waals surface area contributed by atoms with Crippen LogP contribution in [0.3, 0.4) is 0 Å². The number of rotatable bonds is 5. The molecule has 3 aromatic rings. The van der Waals surface area contributed by atoms with Crippen LogP contribution in [0.15, 0.2) is 53.7 Å². The fourth-order valence-corrected chi connectivity index (χ4v) is 5.54. The summed E-state index contributed by atoms with van der Waals surface area (Å²) in [7, 11) is -3.52. The number of hydrogen-bond donors (Lipinski definition) is 3. The Kier molecular flexibility index (Phi) is 5.02. The molecule has 31 heavy (non-hydrogen) atoms. The molecule has 0 radical (unpaired) electrons. The Bertz CT molecular complexity index is 1220. The Labute approximate surface area is 182 Å². The third kappa shape index (κ3) is 3.95. The first-order valence-electron chi connectivity index (χ1n) is 10.6. The van der Waals surface area contributed by atoms with Crippen molar-refractivity contribution in [3.63, 3.8) is 0 Å². The molecule has 0 bridgehead atoms. The molecule has 2 aromatic carbocycles. The minimum Gasteiger partial charge on any atom is -0.307 e. The van der Waals surface area contributed by atoms with E-state index in [1.165, 1.54) is 28.5 Å². The number of fused-ring (bicyclic) bond motifs is 2. The third-order valence-corrected chi connectivity index (χ3v) is 7.42. The SMILES string of the molecule is N=S(=O)(NC(=O)Nc1c2c(cc3c1CCC3)CCC2)c1cnn(Cc2ccccc2)c1. The number of nitrogens with zero attached hydrogens (tertiary/aromatic N) is 2. The molecule has 3 N–H and O–H groups in total. The van der Waals surface area contributed by atoms with Crippen molar-refractivity contribution in [2.24, 2.45) is 0 Å². The number of aromatic nitrogens is 2. The van der Waals surface area contributed by atoms with E-state index >= 15 is 0 Å². The molecule has 5 rings (SSSR count). The molecule has 160 valence electrons. The van der Waals surface area contributed by atoms with Crippen molar-refractivity contribution >= 4 is 21.6 Å². The molecular weight excluding hydrogens is 410 g/mol. The second kappa shape index (κ2) is 7.85. The van der Waals surface area contributed by atoms with Crippen LogP contribution in [0.1, 0.15) is 40.7 Å². The Hall–Kier alpha value is -3.13. The van der Waals surface area contributed by atoms with Crippen LogP contribution in [0.25, 0.3) is 0 Å². The molecule has 1 unspecified atom stereocenters. The van der Waals surface area contributed by atoms with Gasteiger partial charge in [0.05, 0.1) is 12.7 Å². The molecule has 7 nitrogen and oxygen atoms in total. The van der Waals surface area contributed by atoms with Crippen molar-refractivity contribution in [2.45, 2.75) is 50.0 Å². The molecule has 0 fully saturated rings. The summed E-state index contributed by atoms with van der Waals surface area (Å²) in [6.07, 6.45) is 9.08. The molecule has 2 aliphatic carbocycles. The van der Waals surface area contributed by atoms with E-state index in [4.69, 9.17) is 4.78 Å². The van der Waals surface area contributed by atoms with E-state index in [-0.39, 0.29) is 4.90 Å². The fourth-order valence-electron chi connectivity index (χ4n) is 4.65. The molecular formula is C23H25N5O2S. The largest absolute Gasteiger partial charge is 0.331 e. The minimum atomic E-state index is -3.52. The zero-order valence-electron chi connectivity index (χ0n) is 17.2. The van der Waals surface area contributed by atoms with Gasteiger partial charge in [-0.1, -0.05) is 36.4 Å². The van der Waals surface area contributed by atoms with Crippen LogP contribution < -0.4 is 10.0 Å². The van der Waals surface area contributed by atoms with E-state index in [1.807, 2.05) is 30.3 Å². The smallest absolute Gasteiger partial charge is 0.307 e. The lowest BCUT2D eigenvalue weighted by atomic mass is 9.99. The summed E-state index contributed by atoms with van der Waals surface area (Å²) in [4.78, 5) is 12.9. The highest BCUT2D eigenvalue weighted by Gasteiger charge is 2.26. The summed E-state index contributed by atoms with van der Waals surface area (Å²) in [5.74, 6) is 0. The highest BCUT2D eigenvalue weighted by atomic mass is 32.2. The zero-order chi connectivity index (χ0) is 21.4. The number of amides is 2. The van der Waals surface area contributed by atoms with E-state index in [0.717, 1.165) is 49.8 Å². The molecule has 0 aliphatic heterocycles. The second-order valence-corrected chi connectivity index (χ2v) is 9.99. The molecule has 2 amide bonds. The van der Waals surface area contributed by atoms with Crippen molar-refractivity contribution < 1.29 is 9.00 Å². The quantitative estimate of drug-likeness (QED) is 0.564. The average molecular weight is 436 g/mol. The van der Waals surface area contributed by atoms with E-state index in [1.54, 1.807) is 10.9 Å².